The number of hydrogen-bond donors (Lipinski definition) is 2. The van der Waals surface area contributed by atoms with Crippen molar-refractivity contribution in [2.75, 3.05) is 17.2 Å². The number of aryl methyl sites for hydroxylation is 1. The molecule has 2 N–H and O–H groups in total. The molecule has 0 atom stereocenters. The van der Waals surface area contributed by atoms with Crippen LogP contribution in [0.4, 0.5) is 11.4 Å². The van der Waals surface area contributed by atoms with E-state index in [9.17, 15) is 4.79 Å². The van der Waals surface area contributed by atoms with E-state index < -0.39 is 0 Å². The normalized spacial score (nSPS) is 10.7. The minimum atomic E-state index is 0.0322. The predicted octanol–water partition coefficient (Wildman–Crippen LogP) is 6.57. The van der Waals surface area contributed by atoms with E-state index >= 15 is 0 Å². The molecule has 5 heteroatoms. The maximum atomic E-state index is 12.0. The zero-order valence-electron chi connectivity index (χ0n) is 20.0. The van der Waals surface area contributed by atoms with Crippen molar-refractivity contribution in [3.8, 4) is 11.5 Å². The van der Waals surface area contributed by atoms with Crippen LogP contribution >= 0.6 is 0 Å². The Labute approximate surface area is 197 Å². The SMILES string of the molecule is CCOc1cc(CNc2cccc(NC(=O)CC(C)C)c2)ccc1OCc1cccc(C)c1. The first-order chi connectivity index (χ1) is 15.9. The third kappa shape index (κ3) is 7.86. The number of carbonyl (C=O) groups is 1. The highest BCUT2D eigenvalue weighted by Gasteiger charge is 2.09. The molecule has 0 spiro atoms. The van der Waals surface area contributed by atoms with Crippen molar-refractivity contribution in [1.29, 1.82) is 0 Å². The van der Waals surface area contributed by atoms with Gasteiger partial charge in [0.1, 0.15) is 6.61 Å². The number of ether oxygens (including phenoxy) is 2. The van der Waals surface area contributed by atoms with Crippen molar-refractivity contribution in [3.63, 3.8) is 0 Å². The Morgan fingerprint density at radius 2 is 1.67 bits per heavy atom. The number of rotatable bonds is 11. The Morgan fingerprint density at radius 1 is 0.879 bits per heavy atom. The number of nitrogens with one attached hydrogen (secondary N) is 2. The van der Waals surface area contributed by atoms with Gasteiger partial charge in [0.15, 0.2) is 11.5 Å². The zero-order valence-corrected chi connectivity index (χ0v) is 20.0. The van der Waals surface area contributed by atoms with Crippen molar-refractivity contribution < 1.29 is 14.3 Å². The average Bonchev–Trinajstić information content (AvgIpc) is 2.77. The summed E-state index contributed by atoms with van der Waals surface area (Å²) >= 11 is 0. The van der Waals surface area contributed by atoms with Crippen LogP contribution in [0.5, 0.6) is 11.5 Å². The average molecular weight is 447 g/mol. The third-order valence-corrected chi connectivity index (χ3v) is 5.02. The Hall–Kier alpha value is -3.47. The van der Waals surface area contributed by atoms with Gasteiger partial charge in [0, 0.05) is 24.3 Å². The lowest BCUT2D eigenvalue weighted by Crippen LogP contribution is -2.13. The topological polar surface area (TPSA) is 59.6 Å². The molecule has 3 rings (SSSR count). The molecule has 3 aromatic carbocycles. The molecule has 0 aliphatic carbocycles. The number of amides is 1. The fourth-order valence-corrected chi connectivity index (χ4v) is 3.51. The van der Waals surface area contributed by atoms with Crippen LogP contribution in [0.3, 0.4) is 0 Å². The maximum absolute atomic E-state index is 12.0. The third-order valence-electron chi connectivity index (χ3n) is 5.02. The molecule has 0 unspecified atom stereocenters. The molecule has 0 saturated heterocycles. The first kappa shape index (κ1) is 24.2. The summed E-state index contributed by atoms with van der Waals surface area (Å²) < 4.78 is 11.9. The summed E-state index contributed by atoms with van der Waals surface area (Å²) in [5, 5.41) is 6.38. The van der Waals surface area contributed by atoms with Gasteiger partial charge < -0.3 is 20.1 Å². The van der Waals surface area contributed by atoms with E-state index in [-0.39, 0.29) is 5.91 Å². The first-order valence-corrected chi connectivity index (χ1v) is 11.5. The maximum Gasteiger partial charge on any atom is 0.224 e. The van der Waals surface area contributed by atoms with Gasteiger partial charge in [-0.25, -0.2) is 0 Å². The van der Waals surface area contributed by atoms with Crippen LogP contribution in [0.1, 0.15) is 43.9 Å². The van der Waals surface area contributed by atoms with E-state index in [2.05, 4.69) is 35.8 Å². The van der Waals surface area contributed by atoms with E-state index in [0.29, 0.717) is 32.1 Å². The number of anilines is 2. The lowest BCUT2D eigenvalue weighted by atomic mass is 10.1. The van der Waals surface area contributed by atoms with Gasteiger partial charge in [-0.2, -0.15) is 0 Å². The van der Waals surface area contributed by atoms with Gasteiger partial charge in [-0.05, 0) is 61.2 Å². The molecule has 174 valence electrons. The lowest BCUT2D eigenvalue weighted by Gasteiger charge is -2.15. The summed E-state index contributed by atoms with van der Waals surface area (Å²) in [5.41, 5.74) is 5.15. The van der Waals surface area contributed by atoms with Crippen molar-refractivity contribution in [2.24, 2.45) is 5.92 Å². The molecule has 0 aliphatic rings. The minimum absolute atomic E-state index is 0.0322. The van der Waals surface area contributed by atoms with Crippen molar-refractivity contribution in [2.45, 2.75) is 47.3 Å². The minimum Gasteiger partial charge on any atom is -0.490 e. The molecular weight excluding hydrogens is 412 g/mol. The smallest absolute Gasteiger partial charge is 0.224 e. The predicted molar refractivity (Wildman–Crippen MR) is 135 cm³/mol. The van der Waals surface area contributed by atoms with Gasteiger partial charge in [-0.1, -0.05) is 55.8 Å². The van der Waals surface area contributed by atoms with Crippen LogP contribution < -0.4 is 20.1 Å². The number of hydrogen-bond acceptors (Lipinski definition) is 4. The Balaban J connectivity index is 1.62. The second-order valence-corrected chi connectivity index (χ2v) is 8.57. The molecule has 0 radical (unpaired) electrons. The first-order valence-electron chi connectivity index (χ1n) is 11.5. The molecular formula is C28H34N2O3. The molecule has 0 aromatic heterocycles. The molecule has 3 aromatic rings. The highest BCUT2D eigenvalue weighted by atomic mass is 16.5. The van der Waals surface area contributed by atoms with E-state index in [0.717, 1.165) is 34.0 Å². The molecule has 33 heavy (non-hydrogen) atoms. The van der Waals surface area contributed by atoms with Crippen molar-refractivity contribution in [3.05, 3.63) is 83.4 Å². The van der Waals surface area contributed by atoms with Crippen LogP contribution in [0.2, 0.25) is 0 Å². The molecule has 0 bridgehead atoms. The summed E-state index contributed by atoms with van der Waals surface area (Å²) in [6.45, 7) is 9.80. The van der Waals surface area contributed by atoms with Gasteiger partial charge in [0.25, 0.3) is 0 Å². The molecule has 0 heterocycles. The summed E-state index contributed by atoms with van der Waals surface area (Å²) in [6.07, 6.45) is 0.510. The van der Waals surface area contributed by atoms with Crippen LogP contribution in [0.25, 0.3) is 0 Å². The van der Waals surface area contributed by atoms with E-state index in [1.807, 2.05) is 69.3 Å². The second kappa shape index (κ2) is 12.0. The standard InChI is InChI=1S/C28H34N2O3/c1-5-32-27-16-22(12-13-26(27)33-19-23-9-6-8-21(4)15-23)18-29-24-10-7-11-25(17-24)30-28(31)14-20(2)3/h6-13,15-17,20,29H,5,14,18-19H2,1-4H3,(H,30,31). The molecule has 0 saturated carbocycles. The van der Waals surface area contributed by atoms with Gasteiger partial charge in [0.2, 0.25) is 5.91 Å². The van der Waals surface area contributed by atoms with E-state index in [1.165, 1.54) is 5.56 Å². The summed E-state index contributed by atoms with van der Waals surface area (Å²) in [5.74, 6) is 1.83. The Morgan fingerprint density at radius 3 is 2.42 bits per heavy atom. The molecule has 0 fully saturated rings. The Bertz CT molecular complexity index is 1060. The quantitative estimate of drug-likeness (QED) is 0.350. The van der Waals surface area contributed by atoms with Gasteiger partial charge >= 0.3 is 0 Å². The van der Waals surface area contributed by atoms with Crippen LogP contribution in [-0.2, 0) is 17.9 Å². The molecule has 0 aliphatic heterocycles. The van der Waals surface area contributed by atoms with E-state index in [4.69, 9.17) is 9.47 Å². The summed E-state index contributed by atoms with van der Waals surface area (Å²) in [7, 11) is 0. The highest BCUT2D eigenvalue weighted by Crippen LogP contribution is 2.30. The van der Waals surface area contributed by atoms with Gasteiger partial charge in [-0.15, -0.1) is 0 Å². The van der Waals surface area contributed by atoms with Crippen molar-refractivity contribution >= 4 is 17.3 Å². The Kier molecular flexibility index (Phi) is 8.76. The van der Waals surface area contributed by atoms with Gasteiger partial charge in [0.05, 0.1) is 6.61 Å². The highest BCUT2D eigenvalue weighted by molar-refractivity contribution is 5.91. The van der Waals surface area contributed by atoms with Gasteiger partial charge in [-0.3, -0.25) is 4.79 Å². The van der Waals surface area contributed by atoms with Crippen LogP contribution in [0.15, 0.2) is 66.7 Å². The largest absolute Gasteiger partial charge is 0.490 e. The summed E-state index contributed by atoms with van der Waals surface area (Å²) in [4.78, 5) is 12.0. The zero-order chi connectivity index (χ0) is 23.6. The second-order valence-electron chi connectivity index (χ2n) is 8.57. The van der Waals surface area contributed by atoms with Crippen molar-refractivity contribution in [1.82, 2.24) is 0 Å². The fourth-order valence-electron chi connectivity index (χ4n) is 3.51. The monoisotopic (exact) mass is 446 g/mol. The summed E-state index contributed by atoms with van der Waals surface area (Å²) in [6, 6.07) is 22.1. The fraction of sp³-hybridized carbons (Fsp3) is 0.321. The number of benzene rings is 3. The number of carbonyl (C=O) groups excluding carboxylic acids is 1. The van der Waals surface area contributed by atoms with Crippen LogP contribution in [-0.4, -0.2) is 12.5 Å². The van der Waals surface area contributed by atoms with Crippen LogP contribution in [0, 0.1) is 12.8 Å². The molecule has 1 amide bonds. The molecule has 5 nitrogen and oxygen atoms in total. The van der Waals surface area contributed by atoms with E-state index in [1.54, 1.807) is 0 Å². The lowest BCUT2D eigenvalue weighted by molar-refractivity contribution is -0.116.